The van der Waals surface area contributed by atoms with Gasteiger partial charge < -0.3 is 5.11 Å². The van der Waals surface area contributed by atoms with Gasteiger partial charge in [0, 0.05) is 5.38 Å². The van der Waals surface area contributed by atoms with Crippen molar-refractivity contribution >= 4 is 17.6 Å². The van der Waals surface area contributed by atoms with Crippen LogP contribution in [0.1, 0.15) is 32.6 Å². The lowest BCUT2D eigenvalue weighted by molar-refractivity contribution is -0.137. The van der Waals surface area contributed by atoms with Crippen molar-refractivity contribution in [3.05, 3.63) is 0 Å². The predicted octanol–water partition coefficient (Wildman–Crippen LogP) is 2.26. The first-order valence-electron chi connectivity index (χ1n) is 3.52. The number of carbonyl (C=O) groups is 1. The first kappa shape index (κ1) is 9.76. The van der Waals surface area contributed by atoms with E-state index in [2.05, 4.69) is 6.92 Å². The number of hydrogen-bond acceptors (Lipinski definition) is 1. The van der Waals surface area contributed by atoms with Crippen LogP contribution in [-0.4, -0.2) is 16.5 Å². The Morgan fingerprint density at radius 1 is 1.70 bits per heavy atom. The smallest absolute Gasteiger partial charge is 0.304 e. The maximum atomic E-state index is 10.1. The van der Waals surface area contributed by atoms with Crippen LogP contribution in [0.3, 0.4) is 0 Å². The third-order valence-electron chi connectivity index (χ3n) is 1.27. The van der Waals surface area contributed by atoms with Crippen molar-refractivity contribution in [2.45, 2.75) is 38.0 Å². The van der Waals surface area contributed by atoms with Gasteiger partial charge in [0.1, 0.15) is 0 Å². The van der Waals surface area contributed by atoms with Gasteiger partial charge in [-0.25, -0.2) is 0 Å². The fourth-order valence-electron chi connectivity index (χ4n) is 0.717. The lowest BCUT2D eigenvalue weighted by atomic mass is 10.1. The van der Waals surface area contributed by atoms with Gasteiger partial charge >= 0.3 is 5.97 Å². The number of unbranched alkanes of at least 4 members (excludes halogenated alkanes) is 1. The van der Waals surface area contributed by atoms with Crippen molar-refractivity contribution in [3.63, 3.8) is 0 Å². The van der Waals surface area contributed by atoms with E-state index in [-0.39, 0.29) is 11.8 Å². The Morgan fingerprint density at radius 2 is 2.30 bits per heavy atom. The van der Waals surface area contributed by atoms with Crippen LogP contribution in [0, 0.1) is 0 Å². The minimum absolute atomic E-state index is 0.0849. The summed E-state index contributed by atoms with van der Waals surface area (Å²) in [6.07, 6.45) is 2.98. The fraction of sp³-hybridized carbons (Fsp3) is 0.857. The molecule has 0 rings (SSSR count). The molecule has 0 saturated heterocycles. The van der Waals surface area contributed by atoms with Gasteiger partial charge in [-0.3, -0.25) is 4.79 Å². The molecule has 0 radical (unpaired) electrons. The lowest BCUT2D eigenvalue weighted by Gasteiger charge is -2.03. The number of hydrogen-bond donors (Lipinski definition) is 1. The Morgan fingerprint density at radius 3 is 2.70 bits per heavy atom. The monoisotopic (exact) mass is 164 g/mol. The average molecular weight is 165 g/mol. The van der Waals surface area contributed by atoms with Gasteiger partial charge in [-0.05, 0) is 6.42 Å². The molecule has 0 bridgehead atoms. The maximum Gasteiger partial charge on any atom is 0.304 e. The molecule has 0 aromatic heterocycles. The van der Waals surface area contributed by atoms with E-state index >= 15 is 0 Å². The van der Waals surface area contributed by atoms with E-state index in [1.54, 1.807) is 0 Å². The predicted molar refractivity (Wildman–Crippen MR) is 41.4 cm³/mol. The van der Waals surface area contributed by atoms with Gasteiger partial charge in [-0.2, -0.15) is 0 Å². The summed E-state index contributed by atoms with van der Waals surface area (Å²) in [6, 6.07) is 0. The minimum Gasteiger partial charge on any atom is -0.481 e. The highest BCUT2D eigenvalue weighted by atomic mass is 35.5. The molecule has 0 aromatic rings. The standard InChI is InChI=1S/C7H13ClO2/c1-2-3-4-6(8)5-7(9)10/h6H,2-5H2,1H3,(H,9,10). The Balaban J connectivity index is 3.25. The molecule has 10 heavy (non-hydrogen) atoms. The zero-order valence-electron chi connectivity index (χ0n) is 6.14. The van der Waals surface area contributed by atoms with Crippen molar-refractivity contribution in [2.75, 3.05) is 0 Å². The van der Waals surface area contributed by atoms with Crippen LogP contribution < -0.4 is 0 Å². The third kappa shape index (κ3) is 5.89. The number of carboxylic acid groups (broad SMARTS) is 1. The molecule has 0 spiro atoms. The maximum absolute atomic E-state index is 10.1. The lowest BCUT2D eigenvalue weighted by Crippen LogP contribution is -2.06. The summed E-state index contributed by atoms with van der Waals surface area (Å²) in [7, 11) is 0. The second kappa shape index (κ2) is 5.54. The highest BCUT2D eigenvalue weighted by molar-refractivity contribution is 6.21. The van der Waals surface area contributed by atoms with E-state index < -0.39 is 5.97 Å². The molecule has 0 fully saturated rings. The molecule has 0 aliphatic carbocycles. The molecule has 0 aliphatic rings. The summed E-state index contributed by atoms with van der Waals surface area (Å²) in [5.74, 6) is -0.809. The first-order valence-corrected chi connectivity index (χ1v) is 3.96. The van der Waals surface area contributed by atoms with E-state index in [9.17, 15) is 4.79 Å². The third-order valence-corrected chi connectivity index (χ3v) is 1.64. The van der Waals surface area contributed by atoms with Crippen LogP contribution >= 0.6 is 11.6 Å². The average Bonchev–Trinajstić information content (AvgIpc) is 1.82. The topological polar surface area (TPSA) is 37.3 Å². The van der Waals surface area contributed by atoms with Crippen LogP contribution in [0.4, 0.5) is 0 Å². The SMILES string of the molecule is CCCCC(Cl)CC(=O)O. The number of aliphatic carboxylic acids is 1. The Kier molecular flexibility index (Phi) is 5.40. The van der Waals surface area contributed by atoms with Gasteiger partial charge in [-0.15, -0.1) is 11.6 Å². The van der Waals surface area contributed by atoms with Gasteiger partial charge in [-0.1, -0.05) is 19.8 Å². The molecule has 1 atom stereocenters. The number of halogens is 1. The number of alkyl halides is 1. The van der Waals surface area contributed by atoms with E-state index in [1.165, 1.54) is 0 Å². The van der Waals surface area contributed by atoms with E-state index in [1.807, 2.05) is 0 Å². The van der Waals surface area contributed by atoms with Gasteiger partial charge in [0.25, 0.3) is 0 Å². The molecular weight excluding hydrogens is 152 g/mol. The first-order chi connectivity index (χ1) is 4.66. The highest BCUT2D eigenvalue weighted by Crippen LogP contribution is 2.10. The van der Waals surface area contributed by atoms with E-state index in [0.29, 0.717) is 0 Å². The zero-order valence-corrected chi connectivity index (χ0v) is 6.90. The zero-order chi connectivity index (χ0) is 7.98. The molecule has 0 amide bonds. The Hall–Kier alpha value is -0.240. The number of carboxylic acids is 1. The quantitative estimate of drug-likeness (QED) is 0.633. The fourth-order valence-corrected chi connectivity index (χ4v) is 1.00. The molecule has 1 unspecified atom stereocenters. The van der Waals surface area contributed by atoms with Crippen LogP contribution in [0.2, 0.25) is 0 Å². The van der Waals surface area contributed by atoms with Crippen LogP contribution in [0.5, 0.6) is 0 Å². The second-order valence-electron chi connectivity index (χ2n) is 2.34. The second-order valence-corrected chi connectivity index (χ2v) is 2.95. The van der Waals surface area contributed by atoms with Gasteiger partial charge in [0.15, 0.2) is 0 Å². The molecule has 0 aliphatic heterocycles. The molecular formula is C7H13ClO2. The highest BCUT2D eigenvalue weighted by Gasteiger charge is 2.07. The van der Waals surface area contributed by atoms with E-state index in [0.717, 1.165) is 19.3 Å². The molecule has 0 saturated carbocycles. The van der Waals surface area contributed by atoms with Crippen molar-refractivity contribution in [2.24, 2.45) is 0 Å². The van der Waals surface area contributed by atoms with Crippen LogP contribution in [0.25, 0.3) is 0 Å². The summed E-state index contributed by atoms with van der Waals surface area (Å²) >= 11 is 5.67. The molecule has 0 aromatic carbocycles. The minimum atomic E-state index is -0.809. The normalized spacial score (nSPS) is 13.0. The Bertz CT molecular complexity index is 104. The summed E-state index contributed by atoms with van der Waals surface area (Å²) in [5, 5.41) is 8.12. The summed E-state index contributed by atoms with van der Waals surface area (Å²) in [5.41, 5.74) is 0. The Labute approximate surface area is 66.2 Å². The van der Waals surface area contributed by atoms with Crippen LogP contribution in [-0.2, 0) is 4.79 Å². The van der Waals surface area contributed by atoms with Crippen LogP contribution in [0.15, 0.2) is 0 Å². The molecule has 0 heterocycles. The number of rotatable bonds is 5. The van der Waals surface area contributed by atoms with Gasteiger partial charge in [0.05, 0.1) is 6.42 Å². The van der Waals surface area contributed by atoms with Gasteiger partial charge in [0.2, 0.25) is 0 Å². The van der Waals surface area contributed by atoms with Crippen molar-refractivity contribution in [3.8, 4) is 0 Å². The molecule has 2 nitrogen and oxygen atoms in total. The molecule has 3 heteroatoms. The van der Waals surface area contributed by atoms with Crippen molar-refractivity contribution in [1.29, 1.82) is 0 Å². The summed E-state index contributed by atoms with van der Waals surface area (Å²) < 4.78 is 0. The summed E-state index contributed by atoms with van der Waals surface area (Å²) in [6.45, 7) is 2.06. The van der Waals surface area contributed by atoms with Crippen molar-refractivity contribution < 1.29 is 9.90 Å². The molecule has 1 N–H and O–H groups in total. The molecule has 60 valence electrons. The van der Waals surface area contributed by atoms with Crippen molar-refractivity contribution in [1.82, 2.24) is 0 Å². The summed E-state index contributed by atoms with van der Waals surface area (Å²) in [4.78, 5) is 10.1. The van der Waals surface area contributed by atoms with E-state index in [4.69, 9.17) is 16.7 Å². The largest absolute Gasteiger partial charge is 0.481 e.